The Bertz CT molecular complexity index is 520. The van der Waals surface area contributed by atoms with E-state index in [1.165, 1.54) is 4.88 Å². The van der Waals surface area contributed by atoms with Gasteiger partial charge in [-0.2, -0.15) is 0 Å². The average Bonchev–Trinajstić information content (AvgIpc) is 2.80. The molecule has 18 heavy (non-hydrogen) atoms. The fourth-order valence-corrected chi connectivity index (χ4v) is 2.71. The number of anilines is 1. The molecule has 0 saturated carbocycles. The summed E-state index contributed by atoms with van der Waals surface area (Å²) in [5, 5.41) is 2.01. The summed E-state index contributed by atoms with van der Waals surface area (Å²) in [6.45, 7) is 0.381. The summed E-state index contributed by atoms with van der Waals surface area (Å²) in [5.41, 5.74) is 6.67. The topological polar surface area (TPSA) is 52.3 Å². The third-order valence-electron chi connectivity index (χ3n) is 2.32. The van der Waals surface area contributed by atoms with E-state index in [1.54, 1.807) is 29.5 Å². The molecule has 0 fully saturated rings. The first-order valence-corrected chi connectivity index (χ1v) is 7.08. The largest absolute Gasteiger partial charge is 0.462 e. The zero-order valence-electron chi connectivity index (χ0n) is 9.56. The van der Waals surface area contributed by atoms with Crippen molar-refractivity contribution in [1.29, 1.82) is 0 Å². The van der Waals surface area contributed by atoms with Crippen LogP contribution in [-0.4, -0.2) is 12.6 Å². The van der Waals surface area contributed by atoms with Gasteiger partial charge in [-0.25, -0.2) is 4.79 Å². The van der Waals surface area contributed by atoms with Gasteiger partial charge in [0.2, 0.25) is 0 Å². The molecular weight excluding hydrogens is 314 g/mol. The maximum Gasteiger partial charge on any atom is 0.338 e. The predicted octanol–water partition coefficient (Wildman–Crippen LogP) is 3.49. The molecule has 5 heteroatoms. The summed E-state index contributed by atoms with van der Waals surface area (Å²) in [4.78, 5) is 13.0. The van der Waals surface area contributed by atoms with Crippen LogP contribution < -0.4 is 5.73 Å². The number of esters is 1. The Hall–Kier alpha value is -1.33. The van der Waals surface area contributed by atoms with Gasteiger partial charge in [-0.3, -0.25) is 0 Å². The van der Waals surface area contributed by atoms with E-state index in [9.17, 15) is 4.79 Å². The van der Waals surface area contributed by atoms with Gasteiger partial charge in [-0.15, -0.1) is 11.3 Å². The summed E-state index contributed by atoms with van der Waals surface area (Å²) in [5.74, 6) is -0.348. The lowest BCUT2D eigenvalue weighted by molar-refractivity contribution is 0.0510. The highest BCUT2D eigenvalue weighted by molar-refractivity contribution is 9.10. The van der Waals surface area contributed by atoms with Gasteiger partial charge in [0.05, 0.1) is 12.2 Å². The molecule has 0 spiro atoms. The molecule has 0 radical (unpaired) electrons. The van der Waals surface area contributed by atoms with Crippen LogP contribution in [0.1, 0.15) is 15.2 Å². The monoisotopic (exact) mass is 325 g/mol. The molecule has 2 N–H and O–H groups in total. The van der Waals surface area contributed by atoms with Crippen LogP contribution in [0.3, 0.4) is 0 Å². The second kappa shape index (κ2) is 6.02. The van der Waals surface area contributed by atoms with Gasteiger partial charge >= 0.3 is 5.97 Å². The van der Waals surface area contributed by atoms with E-state index in [1.807, 2.05) is 17.5 Å². The molecule has 0 amide bonds. The Morgan fingerprint density at radius 2 is 2.22 bits per heavy atom. The molecule has 94 valence electrons. The Kier molecular flexibility index (Phi) is 4.38. The van der Waals surface area contributed by atoms with E-state index in [4.69, 9.17) is 10.5 Å². The zero-order valence-corrected chi connectivity index (χ0v) is 12.0. The van der Waals surface area contributed by atoms with Gasteiger partial charge in [-0.05, 0) is 29.6 Å². The molecule has 0 bridgehead atoms. The van der Waals surface area contributed by atoms with Crippen LogP contribution in [0.4, 0.5) is 5.69 Å². The van der Waals surface area contributed by atoms with E-state index < -0.39 is 0 Å². The predicted molar refractivity (Wildman–Crippen MR) is 76.9 cm³/mol. The maximum absolute atomic E-state index is 11.8. The van der Waals surface area contributed by atoms with Crippen molar-refractivity contribution in [3.8, 4) is 0 Å². The highest BCUT2D eigenvalue weighted by atomic mass is 79.9. The maximum atomic E-state index is 11.8. The van der Waals surface area contributed by atoms with E-state index in [0.29, 0.717) is 17.9 Å². The highest BCUT2D eigenvalue weighted by Crippen LogP contribution is 2.18. The smallest absolute Gasteiger partial charge is 0.338 e. The number of nitrogen functional groups attached to an aromatic ring is 1. The normalized spacial score (nSPS) is 10.3. The van der Waals surface area contributed by atoms with Crippen LogP contribution >= 0.6 is 27.3 Å². The Morgan fingerprint density at radius 3 is 2.89 bits per heavy atom. The third kappa shape index (κ3) is 3.58. The zero-order chi connectivity index (χ0) is 13.0. The molecule has 2 aromatic rings. The number of carbonyl (C=O) groups excluding carboxylic acids is 1. The fourth-order valence-electron chi connectivity index (χ4n) is 1.51. The van der Waals surface area contributed by atoms with E-state index in [2.05, 4.69) is 15.9 Å². The number of benzene rings is 1. The summed E-state index contributed by atoms with van der Waals surface area (Å²) < 4.78 is 5.97. The molecule has 1 aromatic carbocycles. The van der Waals surface area contributed by atoms with Crippen molar-refractivity contribution in [2.24, 2.45) is 0 Å². The number of nitrogens with two attached hydrogens (primary N) is 1. The van der Waals surface area contributed by atoms with Gasteiger partial charge in [-0.1, -0.05) is 22.0 Å². The molecule has 0 atom stereocenters. The summed E-state index contributed by atoms with van der Waals surface area (Å²) in [7, 11) is 0. The molecule has 0 unspecified atom stereocenters. The second-order valence-electron chi connectivity index (χ2n) is 3.74. The molecule has 0 aliphatic rings. The fraction of sp³-hybridized carbons (Fsp3) is 0.154. The number of halogens is 1. The van der Waals surface area contributed by atoms with Crippen LogP contribution in [0.5, 0.6) is 0 Å². The first-order valence-electron chi connectivity index (χ1n) is 5.41. The second-order valence-corrected chi connectivity index (χ2v) is 5.69. The van der Waals surface area contributed by atoms with Crippen molar-refractivity contribution in [3.63, 3.8) is 0 Å². The van der Waals surface area contributed by atoms with Crippen LogP contribution in [0.15, 0.2) is 40.2 Å². The lowest BCUT2D eigenvalue weighted by atomic mass is 10.2. The van der Waals surface area contributed by atoms with Crippen LogP contribution in [0.2, 0.25) is 0 Å². The van der Waals surface area contributed by atoms with E-state index in [-0.39, 0.29) is 5.97 Å². The molecule has 1 heterocycles. The molecule has 0 aliphatic heterocycles. The van der Waals surface area contributed by atoms with Crippen LogP contribution in [-0.2, 0) is 11.2 Å². The average molecular weight is 326 g/mol. The van der Waals surface area contributed by atoms with Gasteiger partial charge in [0.15, 0.2) is 0 Å². The first kappa shape index (κ1) is 13.1. The molecule has 2 rings (SSSR count). The Balaban J connectivity index is 1.91. The first-order chi connectivity index (χ1) is 8.65. The van der Waals surface area contributed by atoms with E-state index >= 15 is 0 Å². The van der Waals surface area contributed by atoms with Crippen LogP contribution in [0, 0.1) is 0 Å². The number of hydrogen-bond donors (Lipinski definition) is 1. The highest BCUT2D eigenvalue weighted by Gasteiger charge is 2.08. The van der Waals surface area contributed by atoms with Gasteiger partial charge in [0, 0.05) is 21.5 Å². The van der Waals surface area contributed by atoms with Crippen molar-refractivity contribution < 1.29 is 9.53 Å². The minimum Gasteiger partial charge on any atom is -0.462 e. The molecule has 1 aromatic heterocycles. The quantitative estimate of drug-likeness (QED) is 0.691. The SMILES string of the molecule is Nc1cc(Br)cc(C(=O)OCCc2cccs2)c1. The van der Waals surface area contributed by atoms with Gasteiger partial charge in [0.25, 0.3) is 0 Å². The van der Waals surface area contributed by atoms with Crippen molar-refractivity contribution >= 4 is 38.9 Å². The summed E-state index contributed by atoms with van der Waals surface area (Å²) in [6.07, 6.45) is 0.743. The van der Waals surface area contributed by atoms with Gasteiger partial charge < -0.3 is 10.5 Å². The lowest BCUT2D eigenvalue weighted by Crippen LogP contribution is -2.08. The number of carbonyl (C=O) groups is 1. The number of thiophene rings is 1. The van der Waals surface area contributed by atoms with Crippen molar-refractivity contribution in [2.75, 3.05) is 12.3 Å². The molecule has 3 nitrogen and oxygen atoms in total. The third-order valence-corrected chi connectivity index (χ3v) is 3.71. The standard InChI is InChI=1S/C13H12BrNO2S/c14-10-6-9(7-11(15)8-10)13(16)17-4-3-12-2-1-5-18-12/h1-2,5-8H,3-4,15H2. The van der Waals surface area contributed by atoms with Crippen molar-refractivity contribution in [2.45, 2.75) is 6.42 Å². The van der Waals surface area contributed by atoms with E-state index in [0.717, 1.165) is 10.9 Å². The molecule has 0 saturated heterocycles. The minimum atomic E-state index is -0.348. The van der Waals surface area contributed by atoms with Crippen molar-refractivity contribution in [3.05, 3.63) is 50.6 Å². The van der Waals surface area contributed by atoms with Gasteiger partial charge in [0.1, 0.15) is 0 Å². The number of ether oxygens (including phenoxy) is 1. The van der Waals surface area contributed by atoms with Crippen molar-refractivity contribution in [1.82, 2.24) is 0 Å². The molecule has 0 aliphatic carbocycles. The Labute approximate surface area is 118 Å². The molecular formula is C13H12BrNO2S. The summed E-state index contributed by atoms with van der Waals surface area (Å²) >= 11 is 4.95. The summed E-state index contributed by atoms with van der Waals surface area (Å²) in [6, 6.07) is 9.05. The minimum absolute atomic E-state index is 0.348. The lowest BCUT2D eigenvalue weighted by Gasteiger charge is -2.05. The Morgan fingerprint density at radius 1 is 1.39 bits per heavy atom. The van der Waals surface area contributed by atoms with Crippen LogP contribution in [0.25, 0.3) is 0 Å². The number of hydrogen-bond acceptors (Lipinski definition) is 4. The number of rotatable bonds is 4.